The molecule has 1 amide bonds. The molecule has 0 radical (unpaired) electrons. The molecule has 1 aromatic carbocycles. The van der Waals surface area contributed by atoms with Gasteiger partial charge in [0.15, 0.2) is 0 Å². The fraction of sp³-hybridized carbons (Fsp3) is 0.533. The summed E-state index contributed by atoms with van der Waals surface area (Å²) in [6, 6.07) is 5.09. The van der Waals surface area contributed by atoms with E-state index in [1.807, 2.05) is 0 Å². The summed E-state index contributed by atoms with van der Waals surface area (Å²) in [5.74, 6) is -0.862. The van der Waals surface area contributed by atoms with Crippen molar-refractivity contribution < 1.29 is 31.1 Å². The van der Waals surface area contributed by atoms with Crippen molar-refractivity contribution in [3.05, 3.63) is 29.8 Å². The van der Waals surface area contributed by atoms with Gasteiger partial charge in [-0.3, -0.25) is 4.79 Å². The fourth-order valence-corrected chi connectivity index (χ4v) is 3.91. The molecule has 1 aliphatic heterocycles. The van der Waals surface area contributed by atoms with Crippen molar-refractivity contribution in [1.82, 2.24) is 9.21 Å². The third-order valence-electron chi connectivity index (χ3n) is 3.73. The Labute approximate surface area is 144 Å². The second kappa shape index (κ2) is 7.71. The van der Waals surface area contributed by atoms with Gasteiger partial charge in [0.1, 0.15) is 6.54 Å². The zero-order chi connectivity index (χ0) is 18.7. The maximum atomic E-state index is 12.6. The van der Waals surface area contributed by atoms with Gasteiger partial charge in [-0.25, -0.2) is 8.42 Å². The second-order valence-electron chi connectivity index (χ2n) is 5.48. The summed E-state index contributed by atoms with van der Waals surface area (Å²) in [7, 11) is -3.83. The molecule has 0 aromatic heterocycles. The van der Waals surface area contributed by atoms with Gasteiger partial charge in [-0.1, -0.05) is 6.07 Å². The second-order valence-corrected chi connectivity index (χ2v) is 7.42. The first-order chi connectivity index (χ1) is 11.6. The molecule has 0 bridgehead atoms. The van der Waals surface area contributed by atoms with Crippen LogP contribution in [-0.2, 0) is 14.8 Å². The zero-order valence-electron chi connectivity index (χ0n) is 13.6. The molecule has 140 valence electrons. The van der Waals surface area contributed by atoms with Gasteiger partial charge in [0.05, 0.1) is 18.1 Å². The summed E-state index contributed by atoms with van der Waals surface area (Å²) in [4.78, 5) is 12.8. The van der Waals surface area contributed by atoms with E-state index in [0.29, 0.717) is 4.90 Å². The van der Waals surface area contributed by atoms with Gasteiger partial charge in [-0.15, -0.1) is 0 Å². The molecule has 6 nitrogen and oxygen atoms in total. The average Bonchev–Trinajstić information content (AvgIpc) is 2.59. The van der Waals surface area contributed by atoms with E-state index in [2.05, 4.69) is 0 Å². The molecule has 10 heteroatoms. The minimum absolute atomic E-state index is 0.0968. The molecule has 0 atom stereocenters. The molecule has 0 spiro atoms. The Morgan fingerprint density at radius 2 is 1.92 bits per heavy atom. The summed E-state index contributed by atoms with van der Waals surface area (Å²) in [6.45, 7) is 0.824. The summed E-state index contributed by atoms with van der Waals surface area (Å²) in [5, 5.41) is 0. The van der Waals surface area contributed by atoms with Crippen LogP contribution in [0.3, 0.4) is 0 Å². The van der Waals surface area contributed by atoms with Gasteiger partial charge in [-0.2, -0.15) is 17.5 Å². The van der Waals surface area contributed by atoms with Crippen LogP contribution in [0, 0.1) is 0 Å². The maximum Gasteiger partial charge on any atom is 0.406 e. The molecule has 1 aliphatic rings. The summed E-state index contributed by atoms with van der Waals surface area (Å²) in [6.07, 6.45) is -4.52. The molecule has 0 N–H and O–H groups in total. The van der Waals surface area contributed by atoms with Crippen LogP contribution in [0.4, 0.5) is 13.2 Å². The fourth-order valence-electron chi connectivity index (χ4n) is 2.45. The van der Waals surface area contributed by atoms with E-state index < -0.39 is 28.7 Å². The third kappa shape index (κ3) is 4.93. The lowest BCUT2D eigenvalue weighted by Gasteiger charge is -2.26. The van der Waals surface area contributed by atoms with Crippen molar-refractivity contribution in [3.63, 3.8) is 0 Å². The van der Waals surface area contributed by atoms with Gasteiger partial charge >= 0.3 is 6.18 Å². The van der Waals surface area contributed by atoms with E-state index >= 15 is 0 Å². The molecular formula is C15H19F3N2O4S. The molecule has 0 saturated carbocycles. The number of halogens is 3. The molecule has 2 rings (SSSR count). The highest BCUT2D eigenvalue weighted by molar-refractivity contribution is 7.89. The zero-order valence-corrected chi connectivity index (χ0v) is 14.4. The van der Waals surface area contributed by atoms with E-state index in [-0.39, 0.29) is 43.3 Å². The highest BCUT2D eigenvalue weighted by Crippen LogP contribution is 2.21. The lowest BCUT2D eigenvalue weighted by molar-refractivity contribution is -0.140. The minimum Gasteiger partial charge on any atom is -0.379 e. The first-order valence-electron chi connectivity index (χ1n) is 7.69. The topological polar surface area (TPSA) is 66.9 Å². The van der Waals surface area contributed by atoms with Crippen LogP contribution in [0.25, 0.3) is 0 Å². The van der Waals surface area contributed by atoms with E-state index in [0.717, 1.165) is 6.07 Å². The molecule has 1 aromatic rings. The lowest BCUT2D eigenvalue weighted by Crippen LogP contribution is -2.41. The quantitative estimate of drug-likeness (QED) is 0.780. The Balaban J connectivity index is 2.27. The number of rotatable bonds is 5. The van der Waals surface area contributed by atoms with Crippen molar-refractivity contribution in [2.24, 2.45) is 0 Å². The van der Waals surface area contributed by atoms with Crippen LogP contribution in [0.5, 0.6) is 0 Å². The Bertz CT molecular complexity index is 716. The number of amides is 1. The van der Waals surface area contributed by atoms with Crippen molar-refractivity contribution >= 4 is 15.9 Å². The van der Waals surface area contributed by atoms with Gasteiger partial charge in [0, 0.05) is 25.2 Å². The molecule has 1 saturated heterocycles. The molecule has 1 heterocycles. The standard InChI is InChI=1S/C15H19F3N2O4S/c1-2-19(11-15(16,17)18)14(21)12-4-3-5-13(10-12)25(22,23)20-6-8-24-9-7-20/h3-5,10H,2,6-9,11H2,1H3. The third-order valence-corrected chi connectivity index (χ3v) is 5.62. The Hall–Kier alpha value is -1.65. The van der Waals surface area contributed by atoms with Crippen LogP contribution in [0.2, 0.25) is 0 Å². The molecule has 25 heavy (non-hydrogen) atoms. The lowest BCUT2D eigenvalue weighted by atomic mass is 10.2. The van der Waals surface area contributed by atoms with Gasteiger partial charge < -0.3 is 9.64 Å². The van der Waals surface area contributed by atoms with E-state index in [9.17, 15) is 26.4 Å². The predicted molar refractivity (Wildman–Crippen MR) is 83.7 cm³/mol. The van der Waals surface area contributed by atoms with E-state index in [1.54, 1.807) is 0 Å². The van der Waals surface area contributed by atoms with Crippen LogP contribution < -0.4 is 0 Å². The van der Waals surface area contributed by atoms with Crippen LogP contribution in [0.1, 0.15) is 17.3 Å². The first-order valence-corrected chi connectivity index (χ1v) is 9.13. The first kappa shape index (κ1) is 19.7. The van der Waals surface area contributed by atoms with Crippen LogP contribution in [0.15, 0.2) is 29.2 Å². The van der Waals surface area contributed by atoms with Gasteiger partial charge in [-0.05, 0) is 25.1 Å². The Morgan fingerprint density at radius 3 is 2.48 bits per heavy atom. The van der Waals surface area contributed by atoms with Crippen molar-refractivity contribution in [1.29, 1.82) is 0 Å². The highest BCUT2D eigenvalue weighted by atomic mass is 32.2. The number of alkyl halides is 3. The largest absolute Gasteiger partial charge is 0.406 e. The SMILES string of the molecule is CCN(CC(F)(F)F)C(=O)c1cccc(S(=O)(=O)N2CCOCC2)c1. The van der Waals surface area contributed by atoms with Crippen LogP contribution >= 0.6 is 0 Å². The maximum absolute atomic E-state index is 12.6. The van der Waals surface area contributed by atoms with Crippen molar-refractivity contribution in [2.75, 3.05) is 39.4 Å². The number of hydrogen-bond donors (Lipinski definition) is 0. The Kier molecular flexibility index (Phi) is 6.07. The smallest absolute Gasteiger partial charge is 0.379 e. The summed E-state index contributed by atoms with van der Waals surface area (Å²) >= 11 is 0. The number of ether oxygens (including phenoxy) is 1. The number of carbonyl (C=O) groups excluding carboxylic acids is 1. The van der Waals surface area contributed by atoms with Crippen LogP contribution in [-0.4, -0.2) is 69.1 Å². The summed E-state index contributed by atoms with van der Waals surface area (Å²) in [5.41, 5.74) is -0.0968. The van der Waals surface area contributed by atoms with E-state index in [1.165, 1.54) is 29.4 Å². The number of benzene rings is 1. The summed E-state index contributed by atoms with van der Waals surface area (Å²) < 4.78 is 69.2. The molecular weight excluding hydrogens is 361 g/mol. The number of carbonyl (C=O) groups is 1. The monoisotopic (exact) mass is 380 g/mol. The molecule has 0 unspecified atom stereocenters. The number of sulfonamides is 1. The number of nitrogens with zero attached hydrogens (tertiary/aromatic N) is 2. The normalized spacial score (nSPS) is 16.6. The Morgan fingerprint density at radius 1 is 1.28 bits per heavy atom. The average molecular weight is 380 g/mol. The van der Waals surface area contributed by atoms with Crippen molar-refractivity contribution in [2.45, 2.75) is 18.0 Å². The minimum atomic E-state index is -4.52. The number of hydrogen-bond acceptors (Lipinski definition) is 4. The highest BCUT2D eigenvalue weighted by Gasteiger charge is 2.33. The van der Waals surface area contributed by atoms with Gasteiger partial charge in [0.2, 0.25) is 10.0 Å². The van der Waals surface area contributed by atoms with E-state index in [4.69, 9.17) is 4.74 Å². The number of morpholine rings is 1. The molecule has 0 aliphatic carbocycles. The van der Waals surface area contributed by atoms with Gasteiger partial charge in [0.25, 0.3) is 5.91 Å². The predicted octanol–water partition coefficient (Wildman–Crippen LogP) is 1.73. The van der Waals surface area contributed by atoms with Crippen molar-refractivity contribution in [3.8, 4) is 0 Å². The molecule has 1 fully saturated rings.